The van der Waals surface area contributed by atoms with Crippen molar-refractivity contribution in [2.75, 3.05) is 11.9 Å². The largest absolute Gasteiger partial charge is 0.385 e. The van der Waals surface area contributed by atoms with Gasteiger partial charge in [-0.3, -0.25) is 4.79 Å². The number of ketones is 1. The summed E-state index contributed by atoms with van der Waals surface area (Å²) in [6.45, 7) is 5.75. The van der Waals surface area contributed by atoms with Crippen molar-refractivity contribution in [1.29, 1.82) is 0 Å². The monoisotopic (exact) mass is 308 g/mol. The summed E-state index contributed by atoms with van der Waals surface area (Å²) in [7, 11) is 0. The van der Waals surface area contributed by atoms with Crippen LogP contribution < -0.4 is 10.6 Å². The van der Waals surface area contributed by atoms with Gasteiger partial charge in [0.2, 0.25) is 0 Å². The van der Waals surface area contributed by atoms with E-state index in [0.717, 1.165) is 24.9 Å². The number of anilines is 1. The predicted octanol–water partition coefficient (Wildman–Crippen LogP) is 3.71. The van der Waals surface area contributed by atoms with Gasteiger partial charge in [-0.05, 0) is 56.0 Å². The van der Waals surface area contributed by atoms with Gasteiger partial charge in [0.1, 0.15) is 0 Å². The van der Waals surface area contributed by atoms with Gasteiger partial charge in [0.15, 0.2) is 5.78 Å². The Kier molecular flexibility index (Phi) is 4.77. The summed E-state index contributed by atoms with van der Waals surface area (Å²) in [5.41, 5.74) is 5.68. The summed E-state index contributed by atoms with van der Waals surface area (Å²) >= 11 is 0. The van der Waals surface area contributed by atoms with Gasteiger partial charge < -0.3 is 10.6 Å². The minimum atomic E-state index is -0.189. The van der Waals surface area contributed by atoms with E-state index in [1.54, 1.807) is 0 Å². The van der Waals surface area contributed by atoms with Crippen LogP contribution in [-0.4, -0.2) is 18.4 Å². The maximum Gasteiger partial charge on any atom is 0.179 e. The number of Topliss-reactive ketones (excluding diaryl/α,β-unsaturated/α-hetero) is 1. The van der Waals surface area contributed by atoms with E-state index in [1.165, 1.54) is 22.4 Å². The zero-order chi connectivity index (χ0) is 16.2. The lowest BCUT2D eigenvalue weighted by Gasteiger charge is -2.19. The first kappa shape index (κ1) is 15.8. The van der Waals surface area contributed by atoms with Crippen LogP contribution in [0.15, 0.2) is 42.5 Å². The number of hydrogen-bond donors (Lipinski definition) is 2. The van der Waals surface area contributed by atoms with Crippen molar-refractivity contribution in [3.63, 3.8) is 0 Å². The van der Waals surface area contributed by atoms with Gasteiger partial charge in [-0.1, -0.05) is 29.8 Å². The summed E-state index contributed by atoms with van der Waals surface area (Å²) < 4.78 is 0. The summed E-state index contributed by atoms with van der Waals surface area (Å²) in [5.74, 6) is 0.158. The molecule has 0 spiro atoms. The molecule has 2 N–H and O–H groups in total. The molecule has 0 saturated carbocycles. The zero-order valence-electron chi connectivity index (χ0n) is 13.9. The quantitative estimate of drug-likeness (QED) is 0.827. The van der Waals surface area contributed by atoms with Crippen LogP contribution in [0, 0.1) is 6.92 Å². The molecule has 0 aliphatic carbocycles. The molecule has 1 heterocycles. The van der Waals surface area contributed by atoms with E-state index in [2.05, 4.69) is 41.8 Å². The molecule has 1 unspecified atom stereocenters. The molecule has 1 aliphatic heterocycles. The van der Waals surface area contributed by atoms with E-state index in [4.69, 9.17) is 0 Å². The van der Waals surface area contributed by atoms with E-state index < -0.39 is 0 Å². The van der Waals surface area contributed by atoms with E-state index in [0.29, 0.717) is 6.54 Å². The molecule has 0 bridgehead atoms. The molecule has 3 heteroatoms. The van der Waals surface area contributed by atoms with Crippen molar-refractivity contribution < 1.29 is 4.79 Å². The molecule has 2 aromatic carbocycles. The van der Waals surface area contributed by atoms with Crippen molar-refractivity contribution in [1.82, 2.24) is 5.32 Å². The van der Waals surface area contributed by atoms with Gasteiger partial charge in [-0.25, -0.2) is 0 Å². The fourth-order valence-electron chi connectivity index (χ4n) is 2.95. The predicted molar refractivity (Wildman–Crippen MR) is 95.1 cm³/mol. The number of hydrogen-bond acceptors (Lipinski definition) is 3. The Morgan fingerprint density at radius 1 is 1.22 bits per heavy atom. The first-order chi connectivity index (χ1) is 11.1. The molecule has 1 aliphatic rings. The molecular weight excluding hydrogens is 284 g/mol. The van der Waals surface area contributed by atoms with Gasteiger partial charge in [-0.2, -0.15) is 0 Å². The fraction of sp³-hybridized carbons (Fsp3) is 0.350. The SMILES string of the molecule is Cc1ccc(CNC(C)C(=O)c2ccc3c(c2)CCCN3)cc1. The highest BCUT2D eigenvalue weighted by Crippen LogP contribution is 2.23. The number of aryl methyl sites for hydroxylation is 2. The van der Waals surface area contributed by atoms with Crippen LogP contribution >= 0.6 is 0 Å². The van der Waals surface area contributed by atoms with Gasteiger partial charge in [-0.15, -0.1) is 0 Å². The Morgan fingerprint density at radius 2 is 2.00 bits per heavy atom. The Morgan fingerprint density at radius 3 is 2.78 bits per heavy atom. The highest BCUT2D eigenvalue weighted by molar-refractivity contribution is 6.00. The summed E-state index contributed by atoms with van der Waals surface area (Å²) in [5, 5.41) is 6.71. The van der Waals surface area contributed by atoms with Crippen LogP contribution in [0.25, 0.3) is 0 Å². The van der Waals surface area contributed by atoms with Crippen LogP contribution in [0.5, 0.6) is 0 Å². The Hall–Kier alpha value is -2.13. The van der Waals surface area contributed by atoms with Crippen LogP contribution in [0.3, 0.4) is 0 Å². The molecule has 120 valence electrons. The molecule has 0 radical (unpaired) electrons. The zero-order valence-corrected chi connectivity index (χ0v) is 13.9. The van der Waals surface area contributed by atoms with E-state index in [9.17, 15) is 4.79 Å². The molecule has 2 aromatic rings. The summed E-state index contributed by atoms with van der Waals surface area (Å²) in [6, 6.07) is 14.2. The second-order valence-electron chi connectivity index (χ2n) is 6.35. The average molecular weight is 308 g/mol. The lowest BCUT2D eigenvalue weighted by atomic mass is 9.97. The number of rotatable bonds is 5. The Bertz CT molecular complexity index is 691. The topological polar surface area (TPSA) is 41.1 Å². The molecule has 3 rings (SSSR count). The third-order valence-electron chi connectivity index (χ3n) is 4.45. The minimum Gasteiger partial charge on any atom is -0.385 e. The molecule has 0 saturated heterocycles. The normalized spacial score (nSPS) is 14.7. The minimum absolute atomic E-state index is 0.158. The highest BCUT2D eigenvalue weighted by atomic mass is 16.1. The second kappa shape index (κ2) is 6.97. The third kappa shape index (κ3) is 3.80. The fourth-order valence-corrected chi connectivity index (χ4v) is 2.95. The number of carbonyl (C=O) groups is 1. The smallest absolute Gasteiger partial charge is 0.179 e. The molecular formula is C20H24N2O. The van der Waals surface area contributed by atoms with Gasteiger partial charge in [0.25, 0.3) is 0 Å². The number of benzene rings is 2. The average Bonchev–Trinajstić information content (AvgIpc) is 2.60. The van der Waals surface area contributed by atoms with E-state index >= 15 is 0 Å². The first-order valence-electron chi connectivity index (χ1n) is 8.33. The van der Waals surface area contributed by atoms with Crippen molar-refractivity contribution in [2.45, 2.75) is 39.3 Å². The van der Waals surface area contributed by atoms with E-state index in [1.807, 2.05) is 25.1 Å². The number of fused-ring (bicyclic) bond motifs is 1. The van der Waals surface area contributed by atoms with Crippen LogP contribution in [0.1, 0.15) is 40.4 Å². The standard InChI is InChI=1S/C20H24N2O/c1-14-5-7-16(8-6-14)13-22-15(2)20(23)18-9-10-19-17(12-18)4-3-11-21-19/h5-10,12,15,21-22H,3-4,11,13H2,1-2H3. The molecule has 0 aromatic heterocycles. The summed E-state index contributed by atoms with van der Waals surface area (Å²) in [6.07, 6.45) is 2.18. The highest BCUT2D eigenvalue weighted by Gasteiger charge is 2.17. The van der Waals surface area contributed by atoms with Crippen LogP contribution in [0.2, 0.25) is 0 Å². The molecule has 23 heavy (non-hydrogen) atoms. The van der Waals surface area contributed by atoms with Crippen LogP contribution in [0.4, 0.5) is 5.69 Å². The van der Waals surface area contributed by atoms with Crippen molar-refractivity contribution in [3.8, 4) is 0 Å². The van der Waals surface area contributed by atoms with E-state index in [-0.39, 0.29) is 11.8 Å². The maximum atomic E-state index is 12.6. The molecule has 3 nitrogen and oxygen atoms in total. The number of nitrogens with one attached hydrogen (secondary N) is 2. The van der Waals surface area contributed by atoms with Crippen molar-refractivity contribution in [3.05, 3.63) is 64.7 Å². The van der Waals surface area contributed by atoms with Crippen molar-refractivity contribution in [2.24, 2.45) is 0 Å². The molecule has 1 atom stereocenters. The third-order valence-corrected chi connectivity index (χ3v) is 4.45. The van der Waals surface area contributed by atoms with Gasteiger partial charge in [0.05, 0.1) is 6.04 Å². The van der Waals surface area contributed by atoms with Crippen LogP contribution in [-0.2, 0) is 13.0 Å². The lowest BCUT2D eigenvalue weighted by Crippen LogP contribution is -2.33. The number of carbonyl (C=O) groups excluding carboxylic acids is 1. The molecule has 0 fully saturated rings. The van der Waals surface area contributed by atoms with Gasteiger partial charge >= 0.3 is 0 Å². The maximum absolute atomic E-state index is 12.6. The Labute approximate surface area is 138 Å². The van der Waals surface area contributed by atoms with Gasteiger partial charge in [0, 0.05) is 24.3 Å². The van der Waals surface area contributed by atoms with Crippen molar-refractivity contribution >= 4 is 11.5 Å². The second-order valence-corrected chi connectivity index (χ2v) is 6.35. The summed E-state index contributed by atoms with van der Waals surface area (Å²) in [4.78, 5) is 12.6. The molecule has 0 amide bonds. The lowest BCUT2D eigenvalue weighted by molar-refractivity contribution is 0.0950. The Balaban J connectivity index is 1.64. The first-order valence-corrected chi connectivity index (χ1v) is 8.33.